The third-order valence-corrected chi connectivity index (χ3v) is 5.89. The molecular formula is C30H33FO4. The van der Waals surface area contributed by atoms with Crippen LogP contribution >= 0.6 is 0 Å². The van der Waals surface area contributed by atoms with E-state index < -0.39 is 5.97 Å². The molecule has 0 bridgehead atoms. The summed E-state index contributed by atoms with van der Waals surface area (Å²) in [5.74, 6) is -0.0475. The van der Waals surface area contributed by atoms with E-state index in [1.54, 1.807) is 19.2 Å². The zero-order valence-electron chi connectivity index (χ0n) is 21.0. The number of carbonyl (C=O) groups is 1. The lowest BCUT2D eigenvalue weighted by atomic mass is 9.81. The normalized spacial score (nSPS) is 12.5. The van der Waals surface area contributed by atoms with E-state index in [4.69, 9.17) is 14.6 Å². The molecule has 0 spiro atoms. The van der Waals surface area contributed by atoms with Crippen LogP contribution in [0.25, 0.3) is 11.1 Å². The second kappa shape index (κ2) is 11.2. The lowest BCUT2D eigenvalue weighted by Crippen LogP contribution is -2.13. The minimum absolute atomic E-state index is 0.0360. The van der Waals surface area contributed by atoms with Gasteiger partial charge in [0, 0.05) is 11.5 Å². The highest BCUT2D eigenvalue weighted by Crippen LogP contribution is 2.37. The highest BCUT2D eigenvalue weighted by Gasteiger charge is 2.21. The molecule has 3 aromatic rings. The monoisotopic (exact) mass is 476 g/mol. The Morgan fingerprint density at radius 1 is 1.00 bits per heavy atom. The van der Waals surface area contributed by atoms with Gasteiger partial charge in [0.15, 0.2) is 0 Å². The van der Waals surface area contributed by atoms with E-state index in [9.17, 15) is 9.18 Å². The third kappa shape index (κ3) is 6.72. The van der Waals surface area contributed by atoms with Crippen LogP contribution in [0, 0.1) is 5.82 Å². The van der Waals surface area contributed by atoms with Crippen LogP contribution in [0.3, 0.4) is 0 Å². The quantitative estimate of drug-likeness (QED) is 0.325. The fourth-order valence-corrected chi connectivity index (χ4v) is 4.09. The molecule has 5 heteroatoms. The van der Waals surface area contributed by atoms with E-state index in [2.05, 4.69) is 20.8 Å². The lowest BCUT2D eigenvalue weighted by Gasteiger charge is -2.24. The second-order valence-electron chi connectivity index (χ2n) is 9.56. The van der Waals surface area contributed by atoms with Crippen molar-refractivity contribution in [3.05, 3.63) is 95.3 Å². The Morgan fingerprint density at radius 3 is 2.29 bits per heavy atom. The molecule has 0 aliphatic rings. The van der Waals surface area contributed by atoms with Crippen molar-refractivity contribution in [1.29, 1.82) is 0 Å². The molecule has 4 nitrogen and oxygen atoms in total. The van der Waals surface area contributed by atoms with Gasteiger partial charge >= 0.3 is 5.97 Å². The highest BCUT2D eigenvalue weighted by molar-refractivity contribution is 5.71. The van der Waals surface area contributed by atoms with Gasteiger partial charge in [-0.2, -0.15) is 0 Å². The highest BCUT2D eigenvalue weighted by atomic mass is 19.1. The first kappa shape index (κ1) is 26.0. The number of methoxy groups -OCH3 is 1. The zero-order chi connectivity index (χ0) is 25.6. The Kier molecular flexibility index (Phi) is 8.34. The summed E-state index contributed by atoms with van der Waals surface area (Å²) in [6.45, 7) is 8.51. The van der Waals surface area contributed by atoms with Gasteiger partial charge in [0.25, 0.3) is 0 Å². The number of halogens is 1. The van der Waals surface area contributed by atoms with Crippen molar-refractivity contribution in [2.75, 3.05) is 7.11 Å². The van der Waals surface area contributed by atoms with E-state index in [-0.39, 0.29) is 23.6 Å². The SMILES string of the molecule is C/C=C/[C@H](CC(=O)O)c1ccc(OCc2ccc(C(C)(C)C)c(-c3cc(OC)ccc3F)c2)cc1. The van der Waals surface area contributed by atoms with Gasteiger partial charge in [-0.05, 0) is 71.0 Å². The van der Waals surface area contributed by atoms with Crippen LogP contribution in [0.15, 0.2) is 72.8 Å². The van der Waals surface area contributed by atoms with Crippen LogP contribution in [0.2, 0.25) is 0 Å². The van der Waals surface area contributed by atoms with Gasteiger partial charge in [0.2, 0.25) is 0 Å². The summed E-state index contributed by atoms with van der Waals surface area (Å²) in [6.07, 6.45) is 3.79. The maximum absolute atomic E-state index is 14.9. The first-order valence-electron chi connectivity index (χ1n) is 11.7. The van der Waals surface area contributed by atoms with E-state index >= 15 is 0 Å². The summed E-state index contributed by atoms with van der Waals surface area (Å²) in [7, 11) is 1.57. The van der Waals surface area contributed by atoms with Gasteiger partial charge in [-0.15, -0.1) is 0 Å². The van der Waals surface area contributed by atoms with Crippen molar-refractivity contribution < 1.29 is 23.8 Å². The van der Waals surface area contributed by atoms with Gasteiger partial charge in [-0.1, -0.05) is 57.2 Å². The summed E-state index contributed by atoms with van der Waals surface area (Å²) in [4.78, 5) is 11.2. The molecule has 0 aliphatic carbocycles. The molecular weight excluding hydrogens is 443 g/mol. The van der Waals surface area contributed by atoms with Crippen LogP contribution < -0.4 is 9.47 Å². The van der Waals surface area contributed by atoms with Crippen LogP contribution in [-0.4, -0.2) is 18.2 Å². The number of benzene rings is 3. The molecule has 0 radical (unpaired) electrons. The maximum Gasteiger partial charge on any atom is 0.304 e. The van der Waals surface area contributed by atoms with Crippen LogP contribution in [0.5, 0.6) is 11.5 Å². The summed E-state index contributed by atoms with van der Waals surface area (Å²) >= 11 is 0. The van der Waals surface area contributed by atoms with E-state index in [1.165, 1.54) is 6.07 Å². The Bertz CT molecular complexity index is 1190. The minimum Gasteiger partial charge on any atom is -0.497 e. The standard InChI is InChI=1S/C30H33FO4/c1-6-7-22(17-29(32)33)21-9-11-23(12-10-21)35-19-20-8-14-27(30(2,3)4)25(16-20)26-18-24(34-5)13-15-28(26)31/h6-16,18,22H,17,19H2,1-5H3,(H,32,33)/b7-6+/t22-/m1/s1. The Balaban J connectivity index is 1.85. The van der Waals surface area contributed by atoms with Gasteiger partial charge < -0.3 is 14.6 Å². The first-order chi connectivity index (χ1) is 16.6. The van der Waals surface area contributed by atoms with Crippen molar-refractivity contribution in [2.24, 2.45) is 0 Å². The van der Waals surface area contributed by atoms with Gasteiger partial charge in [0.1, 0.15) is 23.9 Å². The summed E-state index contributed by atoms with van der Waals surface area (Å²) in [5.41, 5.74) is 3.99. The zero-order valence-corrected chi connectivity index (χ0v) is 21.0. The van der Waals surface area contributed by atoms with Gasteiger partial charge in [-0.25, -0.2) is 4.39 Å². The van der Waals surface area contributed by atoms with Crippen LogP contribution in [0.1, 0.15) is 56.7 Å². The number of hydrogen-bond donors (Lipinski definition) is 1. The molecule has 0 fully saturated rings. The van der Waals surface area contributed by atoms with Gasteiger partial charge in [-0.3, -0.25) is 4.79 Å². The summed E-state index contributed by atoms with van der Waals surface area (Å²) < 4.78 is 26.2. The molecule has 3 aromatic carbocycles. The van der Waals surface area contributed by atoms with Gasteiger partial charge in [0.05, 0.1) is 13.5 Å². The van der Waals surface area contributed by atoms with Crippen molar-refractivity contribution in [3.63, 3.8) is 0 Å². The molecule has 0 aliphatic heterocycles. The number of aliphatic carboxylic acids is 1. The summed E-state index contributed by atoms with van der Waals surface area (Å²) in [5, 5.41) is 9.17. The maximum atomic E-state index is 14.9. The van der Waals surface area contributed by atoms with E-state index in [0.29, 0.717) is 23.7 Å². The molecule has 0 saturated carbocycles. The molecule has 184 valence electrons. The molecule has 0 aromatic heterocycles. The molecule has 0 saturated heterocycles. The van der Waals surface area contributed by atoms with E-state index in [0.717, 1.165) is 22.3 Å². The van der Waals surface area contributed by atoms with Crippen molar-refractivity contribution >= 4 is 5.97 Å². The molecule has 0 amide bonds. The molecule has 35 heavy (non-hydrogen) atoms. The van der Waals surface area contributed by atoms with Crippen LogP contribution in [-0.2, 0) is 16.8 Å². The Hall–Kier alpha value is -3.60. The molecule has 3 rings (SSSR count). The molecule has 0 heterocycles. The fourth-order valence-electron chi connectivity index (χ4n) is 4.09. The minimum atomic E-state index is -0.838. The average molecular weight is 477 g/mol. The number of ether oxygens (including phenoxy) is 2. The molecule has 1 N–H and O–H groups in total. The number of carboxylic acid groups (broad SMARTS) is 1. The van der Waals surface area contributed by atoms with Crippen molar-refractivity contribution in [1.82, 2.24) is 0 Å². The topological polar surface area (TPSA) is 55.8 Å². The average Bonchev–Trinajstić information content (AvgIpc) is 2.82. The number of allylic oxidation sites excluding steroid dienone is 2. The molecule has 0 unspecified atom stereocenters. The Morgan fingerprint density at radius 2 is 1.69 bits per heavy atom. The van der Waals surface area contributed by atoms with Crippen molar-refractivity contribution in [2.45, 2.75) is 52.1 Å². The predicted octanol–water partition coefficient (Wildman–Crippen LogP) is 7.51. The fraction of sp³-hybridized carbons (Fsp3) is 0.300. The largest absolute Gasteiger partial charge is 0.497 e. The predicted molar refractivity (Wildman–Crippen MR) is 138 cm³/mol. The lowest BCUT2D eigenvalue weighted by molar-refractivity contribution is -0.137. The smallest absolute Gasteiger partial charge is 0.304 e. The first-order valence-corrected chi connectivity index (χ1v) is 11.7. The number of carboxylic acids is 1. The third-order valence-electron chi connectivity index (χ3n) is 5.89. The van der Waals surface area contributed by atoms with E-state index in [1.807, 2.05) is 61.5 Å². The molecule has 1 atom stereocenters. The Labute approximate surface area is 207 Å². The second-order valence-corrected chi connectivity index (χ2v) is 9.56. The number of rotatable bonds is 9. The summed E-state index contributed by atoms with van der Waals surface area (Å²) in [6, 6.07) is 18.3. The van der Waals surface area contributed by atoms with Crippen molar-refractivity contribution in [3.8, 4) is 22.6 Å². The number of hydrogen-bond acceptors (Lipinski definition) is 3. The van der Waals surface area contributed by atoms with Crippen LogP contribution in [0.4, 0.5) is 4.39 Å².